The van der Waals surface area contributed by atoms with E-state index in [0.717, 1.165) is 0 Å². The molecule has 2 nitrogen and oxygen atoms in total. The lowest BCUT2D eigenvalue weighted by Crippen LogP contribution is -1.98. The van der Waals surface area contributed by atoms with Crippen molar-refractivity contribution in [1.82, 2.24) is 0 Å². The highest BCUT2D eigenvalue weighted by Crippen LogP contribution is 1.80. The molecule has 0 radical (unpaired) electrons. The maximum absolute atomic E-state index is 8.23. The lowest BCUT2D eigenvalue weighted by molar-refractivity contribution is 0.219. The quantitative estimate of drug-likeness (QED) is 0.554. The van der Waals surface area contributed by atoms with Gasteiger partial charge in [0, 0.05) is 5.88 Å². The van der Waals surface area contributed by atoms with Crippen LogP contribution >= 0.6 is 24.0 Å². The van der Waals surface area contributed by atoms with Gasteiger partial charge in [0.25, 0.3) is 0 Å². The second-order valence-corrected chi connectivity index (χ2v) is 1.31. The van der Waals surface area contributed by atoms with E-state index in [1.54, 1.807) is 6.92 Å². The molecule has 0 bridgehead atoms. The number of aliphatic hydroxyl groups is 1. The second-order valence-electron chi connectivity index (χ2n) is 1.00. The summed E-state index contributed by atoms with van der Waals surface area (Å²) in [6.07, 6.45) is -0.350. The molecule has 0 aromatic heterocycles. The van der Waals surface area contributed by atoms with Gasteiger partial charge in [-0.15, -0.1) is 24.0 Å². The standard InChI is InChI=1S/C3H7ClO.CH5N.ClH/c1-3(5)2-4;1-2;/h3,5H,2H2,1H3;2H2,1H3;1H. The largest absolute Gasteiger partial charge is 0.392 e. The minimum Gasteiger partial charge on any atom is -0.392 e. The first-order valence-electron chi connectivity index (χ1n) is 2.09. The first-order valence-corrected chi connectivity index (χ1v) is 2.62. The van der Waals surface area contributed by atoms with Crippen molar-refractivity contribution in [2.24, 2.45) is 5.73 Å². The minimum absolute atomic E-state index is 0. The van der Waals surface area contributed by atoms with Crippen LogP contribution in [0.2, 0.25) is 0 Å². The Labute approximate surface area is 61.4 Å². The van der Waals surface area contributed by atoms with E-state index in [0.29, 0.717) is 5.88 Å². The van der Waals surface area contributed by atoms with Crippen LogP contribution in [0.4, 0.5) is 0 Å². The van der Waals surface area contributed by atoms with E-state index >= 15 is 0 Å². The average Bonchev–Trinajstić information content (AvgIpc) is 1.73. The third-order valence-corrected chi connectivity index (χ3v) is 0.670. The highest BCUT2D eigenvalue weighted by molar-refractivity contribution is 6.18. The summed E-state index contributed by atoms with van der Waals surface area (Å²) < 4.78 is 0. The summed E-state index contributed by atoms with van der Waals surface area (Å²) in [7, 11) is 1.50. The maximum Gasteiger partial charge on any atom is 0.0647 e. The summed E-state index contributed by atoms with van der Waals surface area (Å²) >= 11 is 5.09. The van der Waals surface area contributed by atoms with Crippen molar-refractivity contribution >= 4 is 24.0 Å². The highest BCUT2D eigenvalue weighted by atomic mass is 35.5. The van der Waals surface area contributed by atoms with Crippen LogP contribution in [-0.2, 0) is 0 Å². The van der Waals surface area contributed by atoms with Gasteiger partial charge in [0.15, 0.2) is 0 Å². The number of hydrogen-bond donors (Lipinski definition) is 2. The van der Waals surface area contributed by atoms with E-state index in [1.165, 1.54) is 7.05 Å². The minimum atomic E-state index is -0.350. The van der Waals surface area contributed by atoms with Gasteiger partial charge in [-0.05, 0) is 14.0 Å². The summed E-state index contributed by atoms with van der Waals surface area (Å²) in [5.74, 6) is 0.333. The van der Waals surface area contributed by atoms with E-state index in [9.17, 15) is 0 Å². The summed E-state index contributed by atoms with van der Waals surface area (Å²) in [5.41, 5.74) is 4.50. The summed E-state index contributed by atoms with van der Waals surface area (Å²) in [6.45, 7) is 1.65. The first-order chi connectivity index (χ1) is 3.27. The van der Waals surface area contributed by atoms with Gasteiger partial charge in [-0.25, -0.2) is 0 Å². The molecular formula is C4H13Cl2NO. The molecule has 0 rings (SSSR count). The maximum atomic E-state index is 8.23. The van der Waals surface area contributed by atoms with Crippen LogP contribution in [0.5, 0.6) is 0 Å². The van der Waals surface area contributed by atoms with Gasteiger partial charge in [-0.3, -0.25) is 0 Å². The normalized spacial score (nSPS) is 10.1. The number of nitrogens with two attached hydrogens (primary N) is 1. The van der Waals surface area contributed by atoms with E-state index in [1.807, 2.05) is 0 Å². The molecule has 3 N–H and O–H groups in total. The van der Waals surface area contributed by atoms with E-state index < -0.39 is 0 Å². The van der Waals surface area contributed by atoms with Crippen LogP contribution in [0.15, 0.2) is 0 Å². The molecular weight excluding hydrogens is 149 g/mol. The van der Waals surface area contributed by atoms with Gasteiger partial charge in [0.1, 0.15) is 0 Å². The van der Waals surface area contributed by atoms with Gasteiger partial charge >= 0.3 is 0 Å². The molecule has 0 heterocycles. The van der Waals surface area contributed by atoms with Gasteiger partial charge in [0.05, 0.1) is 6.10 Å². The number of halogens is 2. The Kier molecular flexibility index (Phi) is 30.9. The third-order valence-electron chi connectivity index (χ3n) is 0.223. The summed E-state index contributed by atoms with van der Waals surface area (Å²) in [5, 5.41) is 8.23. The lowest BCUT2D eigenvalue weighted by atomic mass is 10.5. The smallest absolute Gasteiger partial charge is 0.0647 e. The zero-order valence-corrected chi connectivity index (χ0v) is 6.67. The summed E-state index contributed by atoms with van der Waals surface area (Å²) in [6, 6.07) is 0. The van der Waals surface area contributed by atoms with Crippen molar-refractivity contribution in [3.63, 3.8) is 0 Å². The average molecular weight is 162 g/mol. The molecule has 0 aliphatic carbocycles. The Bertz CT molecular complexity index is 28.0. The zero-order chi connectivity index (χ0) is 6.28. The van der Waals surface area contributed by atoms with E-state index in [2.05, 4.69) is 5.73 Å². The van der Waals surface area contributed by atoms with Crippen molar-refractivity contribution in [3.05, 3.63) is 0 Å². The van der Waals surface area contributed by atoms with Crippen LogP contribution < -0.4 is 5.73 Å². The van der Waals surface area contributed by atoms with Gasteiger partial charge < -0.3 is 10.8 Å². The lowest BCUT2D eigenvalue weighted by Gasteiger charge is -1.88. The molecule has 4 heteroatoms. The molecule has 0 saturated carbocycles. The van der Waals surface area contributed by atoms with Crippen molar-refractivity contribution in [1.29, 1.82) is 0 Å². The van der Waals surface area contributed by atoms with Crippen molar-refractivity contribution in [2.45, 2.75) is 13.0 Å². The highest BCUT2D eigenvalue weighted by Gasteiger charge is 1.83. The third kappa shape index (κ3) is 31.5. The Hall–Kier alpha value is 0.500. The Morgan fingerprint density at radius 1 is 1.62 bits per heavy atom. The molecule has 0 aliphatic heterocycles. The molecule has 0 saturated heterocycles. The van der Waals surface area contributed by atoms with Crippen molar-refractivity contribution in [3.8, 4) is 0 Å². The zero-order valence-electron chi connectivity index (χ0n) is 5.10. The van der Waals surface area contributed by atoms with Crippen LogP contribution in [-0.4, -0.2) is 24.1 Å². The van der Waals surface area contributed by atoms with E-state index in [-0.39, 0.29) is 18.5 Å². The SMILES string of the molecule is CC(O)CCl.CN.Cl. The Morgan fingerprint density at radius 3 is 1.75 bits per heavy atom. The fraction of sp³-hybridized carbons (Fsp3) is 1.00. The van der Waals surface area contributed by atoms with Crippen LogP contribution in [0, 0.1) is 0 Å². The molecule has 1 unspecified atom stereocenters. The predicted molar refractivity (Wildman–Crippen MR) is 39.8 cm³/mol. The Morgan fingerprint density at radius 2 is 1.75 bits per heavy atom. The summed E-state index contributed by atoms with van der Waals surface area (Å²) in [4.78, 5) is 0. The molecule has 0 aromatic carbocycles. The van der Waals surface area contributed by atoms with Crippen LogP contribution in [0.25, 0.3) is 0 Å². The number of rotatable bonds is 1. The fourth-order valence-electron chi connectivity index (χ4n) is 0. The molecule has 0 fully saturated rings. The number of alkyl halides is 1. The molecule has 8 heavy (non-hydrogen) atoms. The molecule has 0 spiro atoms. The van der Waals surface area contributed by atoms with Gasteiger partial charge in [-0.2, -0.15) is 0 Å². The van der Waals surface area contributed by atoms with Crippen molar-refractivity contribution < 1.29 is 5.11 Å². The van der Waals surface area contributed by atoms with Crippen molar-refractivity contribution in [2.75, 3.05) is 12.9 Å². The topological polar surface area (TPSA) is 46.2 Å². The second kappa shape index (κ2) is 15.6. The molecule has 0 amide bonds. The van der Waals surface area contributed by atoms with Gasteiger partial charge in [-0.1, -0.05) is 0 Å². The van der Waals surface area contributed by atoms with Crippen LogP contribution in [0.1, 0.15) is 6.92 Å². The van der Waals surface area contributed by atoms with E-state index in [4.69, 9.17) is 16.7 Å². The molecule has 1 atom stereocenters. The fourth-order valence-corrected chi connectivity index (χ4v) is 0. The first kappa shape index (κ1) is 15.8. The Balaban J connectivity index is -0.0000000750. The molecule has 0 aromatic rings. The van der Waals surface area contributed by atoms with Gasteiger partial charge in [0.2, 0.25) is 0 Å². The predicted octanol–water partition coefficient (Wildman–Crippen LogP) is 0.603. The monoisotopic (exact) mass is 161 g/mol. The molecule has 54 valence electrons. The number of hydrogen-bond acceptors (Lipinski definition) is 2. The van der Waals surface area contributed by atoms with Crippen LogP contribution in [0.3, 0.4) is 0 Å². The molecule has 0 aliphatic rings. The number of aliphatic hydroxyl groups excluding tert-OH is 1.